The SMILES string of the molecule is CS(=O)(=O)N1CCCC(Cn2cnc(Cl)cc2=O)C1. The van der Waals surface area contributed by atoms with Crippen LogP contribution in [0.3, 0.4) is 0 Å². The van der Waals surface area contributed by atoms with Gasteiger partial charge in [0.05, 0.1) is 12.6 Å². The average Bonchev–Trinajstić information content (AvgIpc) is 2.32. The summed E-state index contributed by atoms with van der Waals surface area (Å²) in [7, 11) is -3.16. The first-order valence-corrected chi connectivity index (χ1v) is 8.26. The predicted octanol–water partition coefficient (Wildman–Crippen LogP) is 0.568. The van der Waals surface area contributed by atoms with E-state index in [2.05, 4.69) is 4.98 Å². The quantitative estimate of drug-likeness (QED) is 0.765. The molecule has 1 atom stereocenters. The van der Waals surface area contributed by atoms with Gasteiger partial charge in [-0.05, 0) is 18.8 Å². The maximum Gasteiger partial charge on any atom is 0.254 e. The van der Waals surface area contributed by atoms with Gasteiger partial charge in [0.2, 0.25) is 10.0 Å². The van der Waals surface area contributed by atoms with Gasteiger partial charge in [-0.2, -0.15) is 0 Å². The first-order chi connectivity index (χ1) is 8.86. The molecule has 8 heteroatoms. The lowest BCUT2D eigenvalue weighted by atomic mass is 10.00. The highest BCUT2D eigenvalue weighted by Crippen LogP contribution is 2.19. The second-order valence-electron chi connectivity index (χ2n) is 4.83. The molecular formula is C11H16ClN3O3S. The third-order valence-electron chi connectivity index (χ3n) is 3.25. The molecule has 1 unspecified atom stereocenters. The van der Waals surface area contributed by atoms with Crippen molar-refractivity contribution in [3.8, 4) is 0 Å². The summed E-state index contributed by atoms with van der Waals surface area (Å²) in [6.45, 7) is 1.48. The van der Waals surface area contributed by atoms with Crippen molar-refractivity contribution >= 4 is 21.6 Å². The molecule has 19 heavy (non-hydrogen) atoms. The van der Waals surface area contributed by atoms with Crippen LogP contribution in [-0.2, 0) is 16.6 Å². The second kappa shape index (κ2) is 5.60. The molecule has 2 heterocycles. The largest absolute Gasteiger partial charge is 0.299 e. The minimum Gasteiger partial charge on any atom is -0.299 e. The van der Waals surface area contributed by atoms with Crippen LogP contribution in [-0.4, -0.2) is 41.6 Å². The van der Waals surface area contributed by atoms with Crippen molar-refractivity contribution in [1.29, 1.82) is 0 Å². The van der Waals surface area contributed by atoms with Gasteiger partial charge in [-0.15, -0.1) is 0 Å². The molecule has 0 bridgehead atoms. The van der Waals surface area contributed by atoms with E-state index in [4.69, 9.17) is 11.6 Å². The third kappa shape index (κ3) is 3.77. The van der Waals surface area contributed by atoms with Crippen LogP contribution in [0.25, 0.3) is 0 Å². The van der Waals surface area contributed by atoms with E-state index in [9.17, 15) is 13.2 Å². The highest BCUT2D eigenvalue weighted by molar-refractivity contribution is 7.88. The zero-order valence-corrected chi connectivity index (χ0v) is 12.2. The fourth-order valence-corrected chi connectivity index (χ4v) is 3.38. The van der Waals surface area contributed by atoms with Crippen molar-refractivity contribution in [2.45, 2.75) is 19.4 Å². The molecule has 1 aromatic heterocycles. The third-order valence-corrected chi connectivity index (χ3v) is 4.73. The molecule has 1 fully saturated rings. The average molecular weight is 306 g/mol. The molecule has 6 nitrogen and oxygen atoms in total. The van der Waals surface area contributed by atoms with Gasteiger partial charge in [-0.1, -0.05) is 11.6 Å². The van der Waals surface area contributed by atoms with E-state index in [0.717, 1.165) is 12.8 Å². The number of piperidine rings is 1. The van der Waals surface area contributed by atoms with Crippen LogP contribution in [0.1, 0.15) is 12.8 Å². The fourth-order valence-electron chi connectivity index (χ4n) is 2.30. The van der Waals surface area contributed by atoms with Gasteiger partial charge in [0.15, 0.2) is 0 Å². The van der Waals surface area contributed by atoms with Crippen LogP contribution in [0.15, 0.2) is 17.2 Å². The van der Waals surface area contributed by atoms with Crippen LogP contribution >= 0.6 is 11.6 Å². The molecular weight excluding hydrogens is 290 g/mol. The van der Waals surface area contributed by atoms with Crippen molar-refractivity contribution in [2.24, 2.45) is 5.92 Å². The molecule has 106 valence electrons. The van der Waals surface area contributed by atoms with E-state index >= 15 is 0 Å². The van der Waals surface area contributed by atoms with Gasteiger partial charge in [-0.25, -0.2) is 17.7 Å². The Kier molecular flexibility index (Phi) is 4.27. The molecule has 1 saturated heterocycles. The van der Waals surface area contributed by atoms with Crippen molar-refractivity contribution in [1.82, 2.24) is 13.9 Å². The number of aromatic nitrogens is 2. The number of halogens is 1. The van der Waals surface area contributed by atoms with E-state index in [0.29, 0.717) is 19.6 Å². The van der Waals surface area contributed by atoms with Crippen molar-refractivity contribution in [3.05, 3.63) is 27.9 Å². The van der Waals surface area contributed by atoms with Gasteiger partial charge in [0.25, 0.3) is 5.56 Å². The molecule has 0 spiro atoms. The zero-order valence-electron chi connectivity index (χ0n) is 10.6. The minimum absolute atomic E-state index is 0.129. The number of rotatable bonds is 3. The van der Waals surface area contributed by atoms with E-state index in [-0.39, 0.29) is 16.6 Å². The number of hydrogen-bond donors (Lipinski definition) is 0. The first-order valence-electron chi connectivity index (χ1n) is 6.03. The van der Waals surface area contributed by atoms with Crippen molar-refractivity contribution in [3.63, 3.8) is 0 Å². The maximum atomic E-state index is 11.7. The predicted molar refractivity (Wildman–Crippen MR) is 72.6 cm³/mol. The minimum atomic E-state index is -3.16. The lowest BCUT2D eigenvalue weighted by Gasteiger charge is -2.31. The molecule has 0 radical (unpaired) electrons. The van der Waals surface area contributed by atoms with E-state index < -0.39 is 10.0 Å². The molecule has 0 saturated carbocycles. The number of hydrogen-bond acceptors (Lipinski definition) is 4. The summed E-state index contributed by atoms with van der Waals surface area (Å²) in [5.74, 6) is 0.129. The molecule has 0 amide bonds. The van der Waals surface area contributed by atoms with Crippen LogP contribution < -0.4 is 5.56 Å². The summed E-state index contributed by atoms with van der Waals surface area (Å²) in [6.07, 6.45) is 4.34. The molecule has 1 aromatic rings. The van der Waals surface area contributed by atoms with Crippen LogP contribution in [0.2, 0.25) is 5.15 Å². The Bertz CT molecular complexity index is 614. The van der Waals surface area contributed by atoms with Gasteiger partial charge in [0, 0.05) is 25.7 Å². The first kappa shape index (κ1) is 14.5. The molecule has 1 aliphatic rings. The van der Waals surface area contributed by atoms with Crippen molar-refractivity contribution in [2.75, 3.05) is 19.3 Å². The number of nitrogens with zero attached hydrogens (tertiary/aromatic N) is 3. The lowest BCUT2D eigenvalue weighted by molar-refractivity contribution is 0.244. The number of sulfonamides is 1. The Labute approximate surface area is 117 Å². The van der Waals surface area contributed by atoms with Crippen LogP contribution in [0, 0.1) is 5.92 Å². The topological polar surface area (TPSA) is 72.3 Å². The standard InChI is InChI=1S/C11H16ClN3O3S/c1-19(17,18)15-4-2-3-9(7-15)6-14-8-13-10(12)5-11(14)16/h5,8-9H,2-4,6-7H2,1H3. The van der Waals surface area contributed by atoms with Crippen molar-refractivity contribution < 1.29 is 8.42 Å². The Morgan fingerprint density at radius 1 is 1.53 bits per heavy atom. The summed E-state index contributed by atoms with van der Waals surface area (Å²) >= 11 is 5.63. The monoisotopic (exact) mass is 305 g/mol. The van der Waals surface area contributed by atoms with Gasteiger partial charge < -0.3 is 0 Å². The molecule has 1 aliphatic heterocycles. The highest BCUT2D eigenvalue weighted by atomic mass is 35.5. The Morgan fingerprint density at radius 3 is 2.89 bits per heavy atom. The smallest absolute Gasteiger partial charge is 0.254 e. The van der Waals surface area contributed by atoms with Crippen LogP contribution in [0.4, 0.5) is 0 Å². The molecule has 0 N–H and O–H groups in total. The van der Waals surface area contributed by atoms with E-state index in [1.54, 1.807) is 0 Å². The summed E-state index contributed by atoms with van der Waals surface area (Å²) in [6, 6.07) is 1.26. The van der Waals surface area contributed by atoms with Gasteiger partial charge >= 0.3 is 0 Å². The summed E-state index contributed by atoms with van der Waals surface area (Å²) in [5, 5.41) is 0.169. The Morgan fingerprint density at radius 2 is 2.26 bits per heavy atom. The summed E-state index contributed by atoms with van der Waals surface area (Å²) < 4.78 is 26.0. The molecule has 0 aromatic carbocycles. The van der Waals surface area contributed by atoms with Gasteiger partial charge in [-0.3, -0.25) is 9.36 Å². The summed E-state index contributed by atoms with van der Waals surface area (Å²) in [4.78, 5) is 15.6. The molecule has 0 aliphatic carbocycles. The highest BCUT2D eigenvalue weighted by Gasteiger charge is 2.26. The Balaban J connectivity index is 2.09. The lowest BCUT2D eigenvalue weighted by Crippen LogP contribution is -2.41. The summed E-state index contributed by atoms with van der Waals surface area (Å²) in [5.41, 5.74) is -0.212. The fraction of sp³-hybridized carbons (Fsp3) is 0.636. The Hall–Kier alpha value is -0.920. The van der Waals surface area contributed by atoms with E-state index in [1.165, 1.54) is 27.5 Å². The zero-order chi connectivity index (χ0) is 14.0. The van der Waals surface area contributed by atoms with Crippen LogP contribution in [0.5, 0.6) is 0 Å². The van der Waals surface area contributed by atoms with E-state index in [1.807, 2.05) is 0 Å². The normalized spacial score (nSPS) is 21.5. The molecule has 2 rings (SSSR count). The second-order valence-corrected chi connectivity index (χ2v) is 7.20. The maximum absolute atomic E-state index is 11.7. The van der Waals surface area contributed by atoms with Gasteiger partial charge in [0.1, 0.15) is 5.15 Å².